The lowest BCUT2D eigenvalue weighted by Crippen LogP contribution is -2.21. The fraction of sp³-hybridized carbons (Fsp3) is 0.348. The molecule has 29 heavy (non-hydrogen) atoms. The Hall–Kier alpha value is -2.60. The Bertz CT molecular complexity index is 940. The van der Waals surface area contributed by atoms with Crippen LogP contribution in [0.15, 0.2) is 46.4 Å². The predicted molar refractivity (Wildman–Crippen MR) is 118 cm³/mol. The van der Waals surface area contributed by atoms with Crippen molar-refractivity contribution in [2.45, 2.75) is 52.2 Å². The number of hydrogen-bond acceptors (Lipinski definition) is 5. The molecular formula is C23H25N3O2S. The SMILES string of the molecule is Cc1cc(C=C2SC(=NC3CCCC3)NC2=O)cc(C)c1OCc1ccccn1. The van der Waals surface area contributed by atoms with Gasteiger partial charge in [-0.3, -0.25) is 14.8 Å². The van der Waals surface area contributed by atoms with Gasteiger partial charge in [-0.2, -0.15) is 0 Å². The number of nitrogens with zero attached hydrogens (tertiary/aromatic N) is 2. The highest BCUT2D eigenvalue weighted by molar-refractivity contribution is 8.18. The number of thioether (sulfide) groups is 1. The number of nitrogens with one attached hydrogen (secondary N) is 1. The molecule has 1 aliphatic heterocycles. The van der Waals surface area contributed by atoms with Gasteiger partial charge in [0.1, 0.15) is 12.4 Å². The van der Waals surface area contributed by atoms with Crippen LogP contribution in [-0.2, 0) is 11.4 Å². The fourth-order valence-corrected chi connectivity index (χ4v) is 4.66. The average Bonchev–Trinajstić information content (AvgIpc) is 3.32. The van der Waals surface area contributed by atoms with E-state index in [0.29, 0.717) is 17.6 Å². The van der Waals surface area contributed by atoms with Crippen LogP contribution in [0, 0.1) is 13.8 Å². The van der Waals surface area contributed by atoms with Crippen LogP contribution in [0.4, 0.5) is 0 Å². The number of benzene rings is 1. The zero-order valence-corrected chi connectivity index (χ0v) is 17.6. The summed E-state index contributed by atoms with van der Waals surface area (Å²) in [4.78, 5) is 22.0. The number of rotatable bonds is 5. The zero-order valence-electron chi connectivity index (χ0n) is 16.8. The summed E-state index contributed by atoms with van der Waals surface area (Å²) in [5, 5.41) is 3.64. The topological polar surface area (TPSA) is 63.6 Å². The van der Waals surface area contributed by atoms with Gasteiger partial charge in [0.15, 0.2) is 5.17 Å². The van der Waals surface area contributed by atoms with Gasteiger partial charge in [0.2, 0.25) is 0 Å². The molecule has 1 amide bonds. The molecule has 0 spiro atoms. The van der Waals surface area contributed by atoms with E-state index >= 15 is 0 Å². The number of hydrogen-bond donors (Lipinski definition) is 1. The van der Waals surface area contributed by atoms with Crippen LogP contribution in [0.5, 0.6) is 5.75 Å². The van der Waals surface area contributed by atoms with E-state index in [-0.39, 0.29) is 5.91 Å². The lowest BCUT2D eigenvalue weighted by atomic mass is 10.1. The molecule has 6 heteroatoms. The first-order valence-corrected chi connectivity index (χ1v) is 10.8. The lowest BCUT2D eigenvalue weighted by molar-refractivity contribution is -0.115. The Morgan fingerprint density at radius 2 is 2.00 bits per heavy atom. The van der Waals surface area contributed by atoms with E-state index in [1.165, 1.54) is 24.6 Å². The molecule has 4 rings (SSSR count). The van der Waals surface area contributed by atoms with Gasteiger partial charge in [-0.25, -0.2) is 0 Å². The Morgan fingerprint density at radius 3 is 2.69 bits per heavy atom. The third kappa shape index (κ3) is 4.88. The molecular weight excluding hydrogens is 382 g/mol. The molecule has 5 nitrogen and oxygen atoms in total. The molecule has 1 aromatic heterocycles. The molecule has 1 aromatic carbocycles. The highest BCUT2D eigenvalue weighted by Gasteiger charge is 2.25. The molecule has 1 saturated carbocycles. The largest absolute Gasteiger partial charge is 0.487 e. The van der Waals surface area contributed by atoms with E-state index in [9.17, 15) is 4.79 Å². The molecule has 2 heterocycles. The number of carbonyl (C=O) groups excluding carboxylic acids is 1. The summed E-state index contributed by atoms with van der Waals surface area (Å²) in [6.45, 7) is 4.48. The molecule has 1 saturated heterocycles. The van der Waals surface area contributed by atoms with Gasteiger partial charge in [0.25, 0.3) is 5.91 Å². The molecule has 2 aromatic rings. The summed E-state index contributed by atoms with van der Waals surface area (Å²) in [6.07, 6.45) is 8.41. The number of aromatic nitrogens is 1. The molecule has 150 valence electrons. The number of carbonyl (C=O) groups is 1. The quantitative estimate of drug-likeness (QED) is 0.725. The van der Waals surface area contributed by atoms with Crippen molar-refractivity contribution in [1.29, 1.82) is 0 Å². The maximum absolute atomic E-state index is 12.3. The molecule has 0 radical (unpaired) electrons. The van der Waals surface area contributed by atoms with Gasteiger partial charge in [-0.05, 0) is 85.5 Å². The summed E-state index contributed by atoms with van der Waals surface area (Å²) >= 11 is 1.43. The molecule has 1 N–H and O–H groups in total. The second kappa shape index (κ2) is 8.82. The van der Waals surface area contributed by atoms with Crippen molar-refractivity contribution >= 4 is 28.9 Å². The number of pyridine rings is 1. The number of amidine groups is 1. The highest BCUT2D eigenvalue weighted by atomic mass is 32.2. The number of aliphatic imine (C=N–C) groups is 1. The van der Waals surface area contributed by atoms with Crippen molar-refractivity contribution in [3.8, 4) is 5.75 Å². The minimum Gasteiger partial charge on any atom is -0.487 e. The minimum absolute atomic E-state index is 0.0717. The minimum atomic E-state index is -0.0717. The first-order valence-electron chi connectivity index (χ1n) is 10.0. The molecule has 2 aliphatic rings. The lowest BCUT2D eigenvalue weighted by Gasteiger charge is -2.13. The Labute approximate surface area is 175 Å². The van der Waals surface area contributed by atoms with Crippen LogP contribution in [0.25, 0.3) is 6.08 Å². The van der Waals surface area contributed by atoms with Crippen molar-refractivity contribution in [3.63, 3.8) is 0 Å². The van der Waals surface area contributed by atoms with E-state index in [0.717, 1.165) is 46.1 Å². The smallest absolute Gasteiger partial charge is 0.264 e. The van der Waals surface area contributed by atoms with E-state index in [4.69, 9.17) is 9.73 Å². The van der Waals surface area contributed by atoms with Crippen molar-refractivity contribution in [3.05, 3.63) is 63.8 Å². The second-order valence-electron chi connectivity index (χ2n) is 7.53. The number of amides is 1. The molecule has 0 bridgehead atoms. The van der Waals surface area contributed by atoms with Crippen LogP contribution < -0.4 is 10.1 Å². The van der Waals surface area contributed by atoms with Crippen molar-refractivity contribution in [1.82, 2.24) is 10.3 Å². The summed E-state index contributed by atoms with van der Waals surface area (Å²) in [5.41, 5.74) is 3.96. The first kappa shape index (κ1) is 19.7. The molecule has 0 atom stereocenters. The summed E-state index contributed by atoms with van der Waals surface area (Å²) in [7, 11) is 0. The monoisotopic (exact) mass is 407 g/mol. The summed E-state index contributed by atoms with van der Waals surface area (Å²) < 4.78 is 6.00. The number of ether oxygens (including phenoxy) is 1. The fourth-order valence-electron chi connectivity index (χ4n) is 3.76. The Balaban J connectivity index is 1.48. The van der Waals surface area contributed by atoms with Crippen molar-refractivity contribution in [2.24, 2.45) is 4.99 Å². The van der Waals surface area contributed by atoms with Gasteiger partial charge < -0.3 is 10.1 Å². The van der Waals surface area contributed by atoms with Gasteiger partial charge in [0.05, 0.1) is 16.6 Å². The van der Waals surface area contributed by atoms with E-state index in [1.807, 2.05) is 50.3 Å². The van der Waals surface area contributed by atoms with Gasteiger partial charge in [-0.15, -0.1) is 0 Å². The summed E-state index contributed by atoms with van der Waals surface area (Å²) in [6, 6.07) is 10.3. The van der Waals surface area contributed by atoms with Gasteiger partial charge in [-0.1, -0.05) is 18.9 Å². The van der Waals surface area contributed by atoms with Crippen molar-refractivity contribution < 1.29 is 9.53 Å². The third-order valence-electron chi connectivity index (χ3n) is 5.15. The van der Waals surface area contributed by atoms with E-state index in [1.54, 1.807) is 6.20 Å². The second-order valence-corrected chi connectivity index (χ2v) is 8.56. The highest BCUT2D eigenvalue weighted by Crippen LogP contribution is 2.31. The molecule has 2 fully saturated rings. The van der Waals surface area contributed by atoms with Crippen LogP contribution in [0.3, 0.4) is 0 Å². The van der Waals surface area contributed by atoms with Crippen LogP contribution >= 0.6 is 11.8 Å². The van der Waals surface area contributed by atoms with Crippen LogP contribution in [0.1, 0.15) is 48.1 Å². The maximum atomic E-state index is 12.3. The van der Waals surface area contributed by atoms with E-state index < -0.39 is 0 Å². The maximum Gasteiger partial charge on any atom is 0.264 e. The van der Waals surface area contributed by atoms with Crippen molar-refractivity contribution in [2.75, 3.05) is 0 Å². The third-order valence-corrected chi connectivity index (χ3v) is 6.07. The Kier molecular flexibility index (Phi) is 6.00. The van der Waals surface area contributed by atoms with Gasteiger partial charge in [0, 0.05) is 6.20 Å². The Morgan fingerprint density at radius 1 is 1.24 bits per heavy atom. The molecule has 1 aliphatic carbocycles. The zero-order chi connectivity index (χ0) is 20.2. The predicted octanol–water partition coefficient (Wildman–Crippen LogP) is 4.78. The van der Waals surface area contributed by atoms with Crippen LogP contribution in [-0.4, -0.2) is 22.1 Å². The normalized spacial score (nSPS) is 19.9. The van der Waals surface area contributed by atoms with Crippen LogP contribution in [0.2, 0.25) is 0 Å². The summed E-state index contributed by atoms with van der Waals surface area (Å²) in [5.74, 6) is 0.794. The average molecular weight is 408 g/mol. The first-order chi connectivity index (χ1) is 14.1. The van der Waals surface area contributed by atoms with E-state index in [2.05, 4.69) is 10.3 Å². The number of aryl methyl sites for hydroxylation is 2. The standard InChI is InChI=1S/C23H25N3O2S/c1-15-11-17(12-16(2)21(15)28-14-19-9-5-6-10-24-19)13-20-22(27)26-23(29-20)25-18-7-3-4-8-18/h5-6,9-13,18H,3-4,7-8,14H2,1-2H3,(H,25,26,27). The molecule has 0 unspecified atom stereocenters. The van der Waals surface area contributed by atoms with Gasteiger partial charge >= 0.3 is 0 Å².